The Kier molecular flexibility index (Phi) is 6.88. The van der Waals surface area contributed by atoms with Gasteiger partial charge in [0.2, 0.25) is 0 Å². The fourth-order valence-corrected chi connectivity index (χ4v) is 2.48. The molecule has 0 aliphatic carbocycles. The second-order valence-corrected chi connectivity index (χ2v) is 5.42. The van der Waals surface area contributed by atoms with Crippen molar-refractivity contribution in [2.75, 3.05) is 41.1 Å². The molecule has 1 fully saturated rings. The van der Waals surface area contributed by atoms with Gasteiger partial charge in [-0.25, -0.2) is 4.79 Å². The molecular weight excluding hydrogens is 330 g/mol. The van der Waals surface area contributed by atoms with Crippen molar-refractivity contribution in [2.24, 2.45) is 0 Å². The van der Waals surface area contributed by atoms with E-state index in [1.165, 1.54) is 33.5 Å². The zero-order valence-electron chi connectivity index (χ0n) is 14.6. The van der Waals surface area contributed by atoms with Gasteiger partial charge in [-0.05, 0) is 12.8 Å². The van der Waals surface area contributed by atoms with Crippen LogP contribution in [0.3, 0.4) is 0 Å². The highest BCUT2D eigenvalue weighted by Gasteiger charge is 2.20. The summed E-state index contributed by atoms with van der Waals surface area (Å²) in [7, 11) is 4.36. The molecule has 1 aliphatic rings. The van der Waals surface area contributed by atoms with Crippen LogP contribution in [0.1, 0.15) is 23.2 Å². The highest BCUT2D eigenvalue weighted by molar-refractivity contribution is 5.95. The number of carbonyl (C=O) groups excluding carboxylic acids is 2. The van der Waals surface area contributed by atoms with E-state index >= 15 is 0 Å². The minimum Gasteiger partial charge on any atom is -0.496 e. The number of methoxy groups -OCH3 is 3. The summed E-state index contributed by atoms with van der Waals surface area (Å²) in [5.41, 5.74) is 0.145. The number of hydrogen-bond acceptors (Lipinski definition) is 7. The zero-order chi connectivity index (χ0) is 18.2. The van der Waals surface area contributed by atoms with Crippen molar-refractivity contribution in [3.8, 4) is 17.2 Å². The van der Waals surface area contributed by atoms with Crippen LogP contribution in [0, 0.1) is 0 Å². The van der Waals surface area contributed by atoms with Crippen LogP contribution in [0.2, 0.25) is 0 Å². The van der Waals surface area contributed by atoms with E-state index in [2.05, 4.69) is 5.32 Å². The first-order chi connectivity index (χ1) is 12.1. The Balaban J connectivity index is 1.93. The third-order valence-corrected chi connectivity index (χ3v) is 3.81. The van der Waals surface area contributed by atoms with Crippen LogP contribution >= 0.6 is 0 Å². The Morgan fingerprint density at radius 3 is 2.40 bits per heavy atom. The van der Waals surface area contributed by atoms with Crippen molar-refractivity contribution in [3.63, 3.8) is 0 Å². The minimum absolute atomic E-state index is 0.0330. The maximum Gasteiger partial charge on any atom is 0.342 e. The molecule has 8 nitrogen and oxygen atoms in total. The zero-order valence-corrected chi connectivity index (χ0v) is 14.6. The average Bonchev–Trinajstić information content (AvgIpc) is 3.16. The van der Waals surface area contributed by atoms with Gasteiger partial charge in [-0.3, -0.25) is 4.79 Å². The number of carbonyl (C=O) groups is 2. The molecule has 1 aliphatic heterocycles. The summed E-state index contributed by atoms with van der Waals surface area (Å²) in [4.78, 5) is 24.0. The second-order valence-electron chi connectivity index (χ2n) is 5.42. The molecule has 0 aromatic heterocycles. The molecule has 1 aromatic carbocycles. The van der Waals surface area contributed by atoms with Crippen LogP contribution in [0.5, 0.6) is 17.2 Å². The molecule has 1 aromatic rings. The lowest BCUT2D eigenvalue weighted by atomic mass is 10.1. The smallest absolute Gasteiger partial charge is 0.342 e. The molecule has 0 unspecified atom stereocenters. The first-order valence-electron chi connectivity index (χ1n) is 7.94. The summed E-state index contributed by atoms with van der Waals surface area (Å²) >= 11 is 0. The van der Waals surface area contributed by atoms with Crippen LogP contribution in [-0.2, 0) is 14.3 Å². The summed E-state index contributed by atoms with van der Waals surface area (Å²) in [6.07, 6.45) is 1.95. The Bertz CT molecular complexity index is 611. The van der Waals surface area contributed by atoms with Crippen LogP contribution in [0.4, 0.5) is 0 Å². The van der Waals surface area contributed by atoms with Gasteiger partial charge in [0.1, 0.15) is 11.3 Å². The number of amides is 1. The maximum absolute atomic E-state index is 12.3. The van der Waals surface area contributed by atoms with Crippen molar-refractivity contribution in [2.45, 2.75) is 18.9 Å². The summed E-state index contributed by atoms with van der Waals surface area (Å²) in [6.45, 7) is 0.744. The maximum atomic E-state index is 12.3. The lowest BCUT2D eigenvalue weighted by molar-refractivity contribution is -0.124. The number of hydrogen-bond donors (Lipinski definition) is 1. The number of rotatable bonds is 8. The lowest BCUT2D eigenvalue weighted by Crippen LogP contribution is -2.34. The minimum atomic E-state index is -0.690. The fraction of sp³-hybridized carbons (Fsp3) is 0.529. The normalized spacial score (nSPS) is 16.2. The third-order valence-electron chi connectivity index (χ3n) is 3.81. The summed E-state index contributed by atoms with van der Waals surface area (Å²) in [5, 5.41) is 2.68. The standard InChI is InChI=1S/C17H23NO7/c1-21-13-8-15(23-3)14(22-2)7-12(13)17(20)25-10-16(19)18-9-11-5-4-6-24-11/h7-8,11H,4-6,9-10H2,1-3H3,(H,18,19)/t11-/m1/s1. The van der Waals surface area contributed by atoms with Gasteiger partial charge in [0.25, 0.3) is 5.91 Å². The Labute approximate surface area is 146 Å². The van der Waals surface area contributed by atoms with E-state index in [1.807, 2.05) is 0 Å². The van der Waals surface area contributed by atoms with Crippen molar-refractivity contribution in [3.05, 3.63) is 17.7 Å². The van der Waals surface area contributed by atoms with Gasteiger partial charge >= 0.3 is 5.97 Å². The molecule has 138 valence electrons. The summed E-state index contributed by atoms with van der Waals surface area (Å²) in [6, 6.07) is 2.97. The summed E-state index contributed by atoms with van der Waals surface area (Å²) < 4.78 is 26.0. The van der Waals surface area contributed by atoms with Gasteiger partial charge in [-0.2, -0.15) is 0 Å². The molecule has 0 saturated carbocycles. The number of nitrogens with one attached hydrogen (secondary N) is 1. The highest BCUT2D eigenvalue weighted by atomic mass is 16.5. The van der Waals surface area contributed by atoms with Crippen molar-refractivity contribution in [1.82, 2.24) is 5.32 Å². The number of esters is 1. The molecular formula is C17H23NO7. The predicted octanol–water partition coefficient (Wildman–Crippen LogP) is 1.16. The molecule has 0 bridgehead atoms. The Morgan fingerprint density at radius 2 is 1.80 bits per heavy atom. The van der Waals surface area contributed by atoms with Gasteiger partial charge < -0.3 is 29.0 Å². The molecule has 25 heavy (non-hydrogen) atoms. The van der Waals surface area contributed by atoms with Crippen LogP contribution < -0.4 is 19.5 Å². The molecule has 1 atom stereocenters. The number of ether oxygens (including phenoxy) is 5. The van der Waals surface area contributed by atoms with Crippen molar-refractivity contribution < 1.29 is 33.3 Å². The third kappa shape index (κ3) is 4.99. The van der Waals surface area contributed by atoms with Gasteiger partial charge in [-0.1, -0.05) is 0 Å². The topological polar surface area (TPSA) is 92.3 Å². The molecule has 0 spiro atoms. The van der Waals surface area contributed by atoms with Crippen LogP contribution in [0.15, 0.2) is 12.1 Å². The first-order valence-corrected chi connectivity index (χ1v) is 7.94. The van der Waals surface area contributed by atoms with Crippen LogP contribution in [0.25, 0.3) is 0 Å². The van der Waals surface area contributed by atoms with E-state index in [0.29, 0.717) is 24.7 Å². The van der Waals surface area contributed by atoms with Crippen LogP contribution in [-0.4, -0.2) is 59.1 Å². The SMILES string of the molecule is COc1cc(OC)c(C(=O)OCC(=O)NC[C@H]2CCCO2)cc1OC. The average molecular weight is 353 g/mol. The van der Waals surface area contributed by atoms with E-state index < -0.39 is 5.97 Å². The fourth-order valence-electron chi connectivity index (χ4n) is 2.48. The van der Waals surface area contributed by atoms with E-state index in [-0.39, 0.29) is 29.9 Å². The first kappa shape index (κ1) is 18.9. The predicted molar refractivity (Wildman–Crippen MR) is 88.4 cm³/mol. The summed E-state index contributed by atoms with van der Waals surface area (Å²) in [5.74, 6) is -0.0286. The molecule has 1 amide bonds. The van der Waals surface area contributed by atoms with E-state index in [0.717, 1.165) is 12.8 Å². The lowest BCUT2D eigenvalue weighted by Gasteiger charge is -2.14. The molecule has 8 heteroatoms. The number of benzene rings is 1. The van der Waals surface area contributed by atoms with Gasteiger partial charge in [0, 0.05) is 25.3 Å². The van der Waals surface area contributed by atoms with Crippen molar-refractivity contribution in [1.29, 1.82) is 0 Å². The second kappa shape index (κ2) is 9.12. The monoisotopic (exact) mass is 353 g/mol. The molecule has 1 N–H and O–H groups in total. The largest absolute Gasteiger partial charge is 0.496 e. The van der Waals surface area contributed by atoms with E-state index in [4.69, 9.17) is 23.7 Å². The Morgan fingerprint density at radius 1 is 1.12 bits per heavy atom. The molecule has 1 heterocycles. The van der Waals surface area contributed by atoms with E-state index in [1.54, 1.807) is 0 Å². The molecule has 1 saturated heterocycles. The van der Waals surface area contributed by atoms with Gasteiger partial charge in [0.05, 0.1) is 27.4 Å². The Hall–Kier alpha value is -2.48. The highest BCUT2D eigenvalue weighted by Crippen LogP contribution is 2.34. The van der Waals surface area contributed by atoms with Gasteiger partial charge in [-0.15, -0.1) is 0 Å². The van der Waals surface area contributed by atoms with Gasteiger partial charge in [0.15, 0.2) is 18.1 Å². The molecule has 2 rings (SSSR count). The molecule has 0 radical (unpaired) electrons. The van der Waals surface area contributed by atoms with E-state index in [9.17, 15) is 9.59 Å². The van der Waals surface area contributed by atoms with Crippen molar-refractivity contribution >= 4 is 11.9 Å². The quantitative estimate of drug-likeness (QED) is 0.701.